The van der Waals surface area contributed by atoms with Crippen LogP contribution in [0.3, 0.4) is 0 Å². The lowest BCUT2D eigenvalue weighted by Gasteiger charge is -2.32. The molecule has 1 aliphatic rings. The van der Waals surface area contributed by atoms with Crippen LogP contribution >= 0.6 is 39.1 Å². The number of hydrogen-bond acceptors (Lipinski definition) is 1. The van der Waals surface area contributed by atoms with Crippen molar-refractivity contribution in [3.63, 3.8) is 0 Å². The van der Waals surface area contributed by atoms with Gasteiger partial charge in [0.2, 0.25) is 4.46 Å². The Morgan fingerprint density at radius 3 is 1.82 bits per heavy atom. The lowest BCUT2D eigenvalue weighted by atomic mass is 10.0. The molecule has 0 radical (unpaired) electrons. The summed E-state index contributed by atoms with van der Waals surface area (Å²) in [6, 6.07) is 0. The van der Waals surface area contributed by atoms with Gasteiger partial charge in [-0.05, 0) is 15.9 Å². The first-order valence-corrected chi connectivity index (χ1v) is 5.33. The van der Waals surface area contributed by atoms with Crippen molar-refractivity contribution in [3.8, 4) is 0 Å². The van der Waals surface area contributed by atoms with Crippen molar-refractivity contribution in [1.82, 2.24) is 5.32 Å². The number of alkyl halides is 8. The molecular weight excluding hydrogens is 363 g/mol. The van der Waals surface area contributed by atoms with E-state index in [2.05, 4.69) is 15.9 Å². The van der Waals surface area contributed by atoms with Crippen molar-refractivity contribution >= 4 is 39.1 Å². The van der Waals surface area contributed by atoms with Gasteiger partial charge < -0.3 is 5.32 Å². The van der Waals surface area contributed by atoms with Crippen LogP contribution in [0.1, 0.15) is 0 Å². The zero-order valence-electron chi connectivity index (χ0n) is 7.48. The zero-order chi connectivity index (χ0) is 13.6. The van der Waals surface area contributed by atoms with Crippen LogP contribution in [-0.2, 0) is 0 Å². The predicted octanol–water partition coefficient (Wildman–Crippen LogP) is 4.38. The smallest absolute Gasteiger partial charge is 0.356 e. The quantitative estimate of drug-likeness (QED) is 0.382. The molecule has 1 heterocycles. The summed E-state index contributed by atoms with van der Waals surface area (Å²) in [5.41, 5.74) is -4.05. The molecule has 0 atom stereocenters. The van der Waals surface area contributed by atoms with Crippen LogP contribution in [0.4, 0.5) is 26.3 Å². The van der Waals surface area contributed by atoms with E-state index in [0.717, 1.165) is 0 Å². The normalized spacial score (nSPS) is 21.1. The number of rotatable bonds is 0. The Balaban J connectivity index is 3.58. The summed E-state index contributed by atoms with van der Waals surface area (Å²) in [5.74, 6) is 0. The van der Waals surface area contributed by atoms with E-state index in [0.29, 0.717) is 6.20 Å². The third-order valence-corrected chi connectivity index (χ3v) is 2.97. The predicted molar refractivity (Wildman–Crippen MR) is 53.7 cm³/mol. The Hall–Kier alpha value is -0.0800. The van der Waals surface area contributed by atoms with Gasteiger partial charge in [0.25, 0.3) is 0 Å². The van der Waals surface area contributed by atoms with Gasteiger partial charge in [0.15, 0.2) is 0 Å². The fourth-order valence-electron chi connectivity index (χ4n) is 1.17. The van der Waals surface area contributed by atoms with Crippen molar-refractivity contribution in [2.75, 3.05) is 0 Å². The number of nitrogens with one attached hydrogen (secondary N) is 1. The fraction of sp³-hybridized carbons (Fsp3) is 0.429. The Labute approximate surface area is 110 Å². The highest BCUT2D eigenvalue weighted by molar-refractivity contribution is 9.12. The molecule has 0 aromatic carbocycles. The molecule has 0 aromatic rings. The summed E-state index contributed by atoms with van der Waals surface area (Å²) in [6.07, 6.45) is -9.95. The Bertz CT molecular complexity index is 394. The van der Waals surface area contributed by atoms with Gasteiger partial charge in [-0.15, -0.1) is 0 Å². The first-order valence-electron chi connectivity index (χ1n) is 3.78. The maximum atomic E-state index is 12.6. The van der Waals surface area contributed by atoms with E-state index >= 15 is 0 Å². The lowest BCUT2D eigenvalue weighted by Crippen LogP contribution is -2.44. The van der Waals surface area contributed by atoms with Gasteiger partial charge in [-0.1, -0.05) is 23.2 Å². The summed E-state index contributed by atoms with van der Waals surface area (Å²) < 4.78 is 71.6. The second-order valence-electron chi connectivity index (χ2n) is 2.96. The third kappa shape index (κ3) is 3.03. The minimum atomic E-state index is -5.32. The number of halogens is 9. The molecule has 0 aliphatic carbocycles. The maximum absolute atomic E-state index is 12.6. The van der Waals surface area contributed by atoms with Gasteiger partial charge >= 0.3 is 12.4 Å². The average molecular weight is 365 g/mol. The minimum Gasteiger partial charge on any atom is -0.356 e. The summed E-state index contributed by atoms with van der Waals surface area (Å²) in [4.78, 5) is 0. The van der Waals surface area contributed by atoms with Gasteiger partial charge in [0, 0.05) is 10.7 Å². The largest absolute Gasteiger partial charge is 0.418 e. The van der Waals surface area contributed by atoms with Crippen LogP contribution in [0.25, 0.3) is 0 Å². The molecule has 1 nitrogen and oxygen atoms in total. The van der Waals surface area contributed by atoms with Crippen LogP contribution in [0.15, 0.2) is 21.8 Å². The van der Waals surface area contributed by atoms with Crippen molar-refractivity contribution in [1.29, 1.82) is 0 Å². The van der Waals surface area contributed by atoms with Crippen molar-refractivity contribution in [3.05, 3.63) is 21.8 Å². The van der Waals surface area contributed by atoms with Gasteiger partial charge in [-0.25, -0.2) is 0 Å². The highest BCUT2D eigenvalue weighted by Gasteiger charge is 2.56. The molecule has 0 saturated heterocycles. The second-order valence-corrected chi connectivity index (χ2v) is 5.14. The SMILES string of the molecule is FC(F)(F)C1=C(C(F)(F)F)C(Cl)(Cl)NC=C1Br. The summed E-state index contributed by atoms with van der Waals surface area (Å²) in [7, 11) is 0. The van der Waals surface area contributed by atoms with Crippen molar-refractivity contribution in [2.45, 2.75) is 16.8 Å². The van der Waals surface area contributed by atoms with Crippen molar-refractivity contribution in [2.24, 2.45) is 0 Å². The van der Waals surface area contributed by atoms with Crippen LogP contribution in [0.2, 0.25) is 0 Å². The molecule has 0 aromatic heterocycles. The summed E-state index contributed by atoms with van der Waals surface area (Å²) in [5, 5.41) is 1.81. The van der Waals surface area contributed by atoms with Crippen molar-refractivity contribution < 1.29 is 26.3 Å². The molecule has 0 unspecified atom stereocenters. The lowest BCUT2D eigenvalue weighted by molar-refractivity contribution is -0.116. The monoisotopic (exact) mass is 363 g/mol. The standard InChI is InChI=1S/C7H2BrCl2F6N/c8-2-1-17-5(9,10)4(7(14,15)16)3(2)6(11,12)13/h1,17H. The van der Waals surface area contributed by atoms with Crippen LogP contribution < -0.4 is 5.32 Å². The van der Waals surface area contributed by atoms with Crippen LogP contribution in [0.5, 0.6) is 0 Å². The van der Waals surface area contributed by atoms with Crippen LogP contribution in [-0.4, -0.2) is 16.8 Å². The fourth-order valence-corrected chi connectivity index (χ4v) is 2.22. The molecule has 17 heavy (non-hydrogen) atoms. The van der Waals surface area contributed by atoms with Gasteiger partial charge in [0.05, 0.1) is 5.57 Å². The number of dihydropyridines is 1. The second kappa shape index (κ2) is 4.24. The van der Waals surface area contributed by atoms with E-state index in [1.165, 1.54) is 0 Å². The van der Waals surface area contributed by atoms with E-state index in [1.54, 1.807) is 0 Å². The zero-order valence-corrected chi connectivity index (χ0v) is 10.6. The van der Waals surface area contributed by atoms with E-state index in [9.17, 15) is 26.3 Å². The molecule has 1 N–H and O–H groups in total. The summed E-state index contributed by atoms with van der Waals surface area (Å²) >= 11 is 12.8. The van der Waals surface area contributed by atoms with Gasteiger partial charge in [0.1, 0.15) is 5.57 Å². The molecule has 0 saturated carbocycles. The van der Waals surface area contributed by atoms with Crippen LogP contribution in [0, 0.1) is 0 Å². The number of allylic oxidation sites excluding steroid dienone is 2. The van der Waals surface area contributed by atoms with E-state index in [1.807, 2.05) is 5.32 Å². The average Bonchev–Trinajstić information content (AvgIpc) is 2.04. The Morgan fingerprint density at radius 2 is 1.53 bits per heavy atom. The van der Waals surface area contributed by atoms with Gasteiger partial charge in [-0.2, -0.15) is 26.3 Å². The molecule has 0 amide bonds. The first-order chi connectivity index (χ1) is 7.37. The maximum Gasteiger partial charge on any atom is 0.418 e. The highest BCUT2D eigenvalue weighted by Crippen LogP contribution is 2.50. The third-order valence-electron chi connectivity index (χ3n) is 1.75. The van der Waals surface area contributed by atoms with E-state index in [-0.39, 0.29) is 0 Å². The molecule has 0 spiro atoms. The highest BCUT2D eigenvalue weighted by atomic mass is 79.9. The molecule has 0 bridgehead atoms. The molecule has 98 valence electrons. The van der Waals surface area contributed by atoms with E-state index < -0.39 is 32.4 Å². The van der Waals surface area contributed by atoms with Gasteiger partial charge in [-0.3, -0.25) is 0 Å². The van der Waals surface area contributed by atoms with E-state index in [4.69, 9.17) is 23.2 Å². The molecule has 1 aliphatic heterocycles. The molecule has 0 fully saturated rings. The minimum absolute atomic E-state index is 0.609. The first kappa shape index (κ1) is 15.0. The summed E-state index contributed by atoms with van der Waals surface area (Å²) in [6.45, 7) is 0. The Morgan fingerprint density at radius 1 is 1.06 bits per heavy atom. The number of hydrogen-bond donors (Lipinski definition) is 1. The molecule has 1 rings (SSSR count). The molecular formula is C7H2BrCl2F6N. The Kier molecular flexibility index (Phi) is 3.73. The topological polar surface area (TPSA) is 12.0 Å². The molecule has 10 heteroatoms.